The molecule has 4 heterocycles. The Labute approximate surface area is 197 Å². The predicted molar refractivity (Wildman–Crippen MR) is 140 cm³/mol. The zero-order valence-corrected chi connectivity index (χ0v) is 18.9. The molecular weight excluding hydrogens is 422 g/mol. The summed E-state index contributed by atoms with van der Waals surface area (Å²) in [5.41, 5.74) is 6.44. The highest BCUT2D eigenvalue weighted by Crippen LogP contribution is 2.23. The van der Waals surface area contributed by atoms with Crippen LogP contribution in [0.5, 0.6) is 0 Å². The van der Waals surface area contributed by atoms with E-state index >= 15 is 0 Å². The van der Waals surface area contributed by atoms with Crippen LogP contribution in [0.25, 0.3) is 33.1 Å². The molecule has 0 aliphatic carbocycles. The van der Waals surface area contributed by atoms with E-state index in [9.17, 15) is 0 Å². The van der Waals surface area contributed by atoms with Crippen molar-refractivity contribution in [2.24, 2.45) is 0 Å². The standard InChI is InChI=1S/C27H27N7/c1-3-10-22-20(8-1)31-26(24-12-5-18-33(22)24)29-15-7-14-28-16-17-30-27-25-13-6-19-34(25)23-11-4-2-9-21(23)32-27/h1-6,8-13,18-19,28H,7,14-17H2,(H,29,31)(H,30,32). The Morgan fingerprint density at radius 2 is 1.06 bits per heavy atom. The lowest BCUT2D eigenvalue weighted by Crippen LogP contribution is -2.25. The van der Waals surface area contributed by atoms with E-state index < -0.39 is 0 Å². The molecule has 0 aliphatic rings. The number of rotatable bonds is 9. The van der Waals surface area contributed by atoms with Gasteiger partial charge in [0.2, 0.25) is 0 Å². The zero-order chi connectivity index (χ0) is 22.7. The summed E-state index contributed by atoms with van der Waals surface area (Å²) in [5.74, 6) is 1.86. The molecule has 0 unspecified atom stereocenters. The number of fused-ring (bicyclic) bond motifs is 6. The third-order valence-corrected chi connectivity index (χ3v) is 6.15. The molecule has 0 saturated carbocycles. The van der Waals surface area contributed by atoms with Crippen molar-refractivity contribution in [1.82, 2.24) is 24.1 Å². The molecule has 0 radical (unpaired) electrons. The molecular formula is C27H27N7. The first-order valence-electron chi connectivity index (χ1n) is 11.8. The number of benzene rings is 2. The average Bonchev–Trinajstić information content (AvgIpc) is 3.56. The van der Waals surface area contributed by atoms with Crippen LogP contribution in [0.2, 0.25) is 0 Å². The third kappa shape index (κ3) is 3.80. The maximum Gasteiger partial charge on any atom is 0.151 e. The topological polar surface area (TPSA) is 70.7 Å². The van der Waals surface area contributed by atoms with E-state index in [4.69, 9.17) is 9.97 Å². The molecule has 0 bridgehead atoms. The van der Waals surface area contributed by atoms with Crippen LogP contribution in [-0.2, 0) is 0 Å². The zero-order valence-electron chi connectivity index (χ0n) is 18.9. The van der Waals surface area contributed by atoms with Gasteiger partial charge < -0.3 is 24.8 Å². The Morgan fingerprint density at radius 1 is 0.529 bits per heavy atom. The van der Waals surface area contributed by atoms with Crippen molar-refractivity contribution in [3.8, 4) is 0 Å². The lowest BCUT2D eigenvalue weighted by Gasteiger charge is -2.12. The van der Waals surface area contributed by atoms with E-state index in [1.165, 1.54) is 0 Å². The molecule has 0 amide bonds. The Bertz CT molecular complexity index is 1460. The fourth-order valence-electron chi connectivity index (χ4n) is 4.52. The normalized spacial score (nSPS) is 11.6. The van der Waals surface area contributed by atoms with Crippen LogP contribution in [-0.4, -0.2) is 44.9 Å². The summed E-state index contributed by atoms with van der Waals surface area (Å²) in [5, 5.41) is 10.5. The number of anilines is 2. The Hall–Kier alpha value is -4.10. The molecule has 7 heteroatoms. The Morgan fingerprint density at radius 3 is 1.68 bits per heavy atom. The number of hydrogen-bond donors (Lipinski definition) is 3. The summed E-state index contributed by atoms with van der Waals surface area (Å²) >= 11 is 0. The smallest absolute Gasteiger partial charge is 0.151 e. The first-order valence-corrected chi connectivity index (χ1v) is 11.8. The van der Waals surface area contributed by atoms with E-state index in [1.807, 2.05) is 18.2 Å². The Balaban J connectivity index is 1.00. The quantitative estimate of drug-likeness (QED) is 0.277. The first kappa shape index (κ1) is 20.5. The molecule has 0 saturated heterocycles. The van der Waals surface area contributed by atoms with Crippen molar-refractivity contribution < 1.29 is 0 Å². The van der Waals surface area contributed by atoms with Gasteiger partial charge in [0.05, 0.1) is 33.1 Å². The minimum atomic E-state index is 0.816. The van der Waals surface area contributed by atoms with Crippen molar-refractivity contribution in [3.05, 3.63) is 85.2 Å². The molecule has 0 fully saturated rings. The van der Waals surface area contributed by atoms with E-state index in [0.29, 0.717) is 0 Å². The summed E-state index contributed by atoms with van der Waals surface area (Å²) in [6.45, 7) is 3.49. The highest BCUT2D eigenvalue weighted by molar-refractivity contribution is 5.85. The van der Waals surface area contributed by atoms with Crippen molar-refractivity contribution in [3.63, 3.8) is 0 Å². The van der Waals surface area contributed by atoms with Crippen LogP contribution < -0.4 is 16.0 Å². The molecule has 34 heavy (non-hydrogen) atoms. The molecule has 6 rings (SSSR count). The fraction of sp³-hybridized carbons (Fsp3) is 0.185. The second kappa shape index (κ2) is 9.03. The van der Waals surface area contributed by atoms with Crippen molar-refractivity contribution in [2.75, 3.05) is 36.8 Å². The third-order valence-electron chi connectivity index (χ3n) is 6.15. The van der Waals surface area contributed by atoms with Gasteiger partial charge in [-0.2, -0.15) is 0 Å². The molecule has 3 N–H and O–H groups in total. The van der Waals surface area contributed by atoms with Crippen molar-refractivity contribution in [1.29, 1.82) is 0 Å². The van der Waals surface area contributed by atoms with Gasteiger partial charge in [0.15, 0.2) is 11.6 Å². The number of nitrogens with one attached hydrogen (secondary N) is 3. The number of aromatic nitrogens is 4. The average molecular weight is 450 g/mol. The largest absolute Gasteiger partial charge is 0.368 e. The van der Waals surface area contributed by atoms with Crippen LogP contribution in [0.3, 0.4) is 0 Å². The van der Waals surface area contributed by atoms with E-state index in [1.54, 1.807) is 0 Å². The van der Waals surface area contributed by atoms with Gasteiger partial charge in [0.1, 0.15) is 0 Å². The summed E-state index contributed by atoms with van der Waals surface area (Å²) in [7, 11) is 0. The monoisotopic (exact) mass is 449 g/mol. The van der Waals surface area contributed by atoms with E-state index in [2.05, 4.69) is 91.7 Å². The van der Waals surface area contributed by atoms with E-state index in [-0.39, 0.29) is 0 Å². The van der Waals surface area contributed by atoms with Gasteiger partial charge in [0.25, 0.3) is 0 Å². The van der Waals surface area contributed by atoms with Gasteiger partial charge in [-0.3, -0.25) is 0 Å². The van der Waals surface area contributed by atoms with Gasteiger partial charge in [-0.25, -0.2) is 9.97 Å². The highest BCUT2D eigenvalue weighted by Gasteiger charge is 2.08. The van der Waals surface area contributed by atoms with Crippen LogP contribution in [0, 0.1) is 0 Å². The van der Waals surface area contributed by atoms with Gasteiger partial charge in [-0.15, -0.1) is 0 Å². The van der Waals surface area contributed by atoms with Crippen LogP contribution in [0.1, 0.15) is 6.42 Å². The minimum absolute atomic E-state index is 0.816. The van der Waals surface area contributed by atoms with Gasteiger partial charge in [-0.1, -0.05) is 24.3 Å². The fourth-order valence-corrected chi connectivity index (χ4v) is 4.52. The Kier molecular flexibility index (Phi) is 5.45. The number of para-hydroxylation sites is 4. The molecule has 0 spiro atoms. The van der Waals surface area contributed by atoms with Crippen LogP contribution >= 0.6 is 0 Å². The van der Waals surface area contributed by atoms with Gasteiger partial charge in [0, 0.05) is 32.0 Å². The van der Waals surface area contributed by atoms with E-state index in [0.717, 1.165) is 77.3 Å². The summed E-state index contributed by atoms with van der Waals surface area (Å²) in [6, 6.07) is 24.8. The maximum atomic E-state index is 4.83. The summed E-state index contributed by atoms with van der Waals surface area (Å²) in [4.78, 5) is 9.65. The predicted octanol–water partition coefficient (Wildman–Crippen LogP) is 4.79. The molecule has 4 aromatic heterocycles. The molecule has 0 aliphatic heterocycles. The van der Waals surface area contributed by atoms with Crippen LogP contribution in [0.4, 0.5) is 11.6 Å². The molecule has 170 valence electrons. The maximum absolute atomic E-state index is 4.83. The first-order chi connectivity index (χ1) is 16.9. The highest BCUT2D eigenvalue weighted by atomic mass is 15.1. The minimum Gasteiger partial charge on any atom is -0.368 e. The molecule has 7 nitrogen and oxygen atoms in total. The lowest BCUT2D eigenvalue weighted by atomic mass is 10.3. The lowest BCUT2D eigenvalue weighted by molar-refractivity contribution is 0.674. The second-order valence-corrected chi connectivity index (χ2v) is 8.38. The van der Waals surface area contributed by atoms with Crippen molar-refractivity contribution >= 4 is 44.7 Å². The van der Waals surface area contributed by atoms with Gasteiger partial charge >= 0.3 is 0 Å². The molecule has 0 atom stereocenters. The van der Waals surface area contributed by atoms with Gasteiger partial charge in [-0.05, 0) is 61.5 Å². The van der Waals surface area contributed by atoms with Crippen LogP contribution in [0.15, 0.2) is 85.2 Å². The van der Waals surface area contributed by atoms with Crippen molar-refractivity contribution in [2.45, 2.75) is 6.42 Å². The summed E-state index contributed by atoms with van der Waals surface area (Å²) < 4.78 is 4.38. The second-order valence-electron chi connectivity index (χ2n) is 8.38. The SMILES string of the molecule is c1ccc2c(c1)nc(NCCCNCCNc1nc3ccccc3n3cccc13)c1cccn12. The number of hydrogen-bond acceptors (Lipinski definition) is 5. The summed E-state index contributed by atoms with van der Waals surface area (Å²) in [6.07, 6.45) is 5.19. The molecule has 2 aromatic carbocycles. The number of nitrogens with zero attached hydrogens (tertiary/aromatic N) is 4. The molecule has 6 aromatic rings.